The van der Waals surface area contributed by atoms with Crippen LogP contribution in [0, 0.1) is 0 Å². The third-order valence-corrected chi connectivity index (χ3v) is 5.13. The average molecular weight is 378 g/mol. The van der Waals surface area contributed by atoms with Gasteiger partial charge in [0.15, 0.2) is 0 Å². The maximum atomic E-state index is 11.9. The molecule has 1 heterocycles. The molecule has 0 aliphatic rings. The summed E-state index contributed by atoms with van der Waals surface area (Å²) >= 11 is 1.32. The number of hydrogen-bond acceptors (Lipinski definition) is 6. The van der Waals surface area contributed by atoms with Gasteiger partial charge >= 0.3 is 0 Å². The molecule has 2 rings (SSSR count). The van der Waals surface area contributed by atoms with Gasteiger partial charge in [-0.05, 0) is 36.0 Å². The summed E-state index contributed by atoms with van der Waals surface area (Å²) in [6, 6.07) is 8.20. The molecule has 0 saturated heterocycles. The van der Waals surface area contributed by atoms with Gasteiger partial charge in [0.25, 0.3) is 0 Å². The third-order valence-electron chi connectivity index (χ3n) is 4.32. The highest BCUT2D eigenvalue weighted by Gasteiger charge is 2.17. The number of anilines is 1. The maximum absolute atomic E-state index is 11.9. The molecular formula is C19H27N3O3S. The zero-order valence-electron chi connectivity index (χ0n) is 15.9. The molecule has 1 aromatic heterocycles. The second-order valence-corrected chi connectivity index (χ2v) is 7.76. The lowest BCUT2D eigenvalue weighted by Gasteiger charge is -2.23. The van der Waals surface area contributed by atoms with Crippen molar-refractivity contribution in [1.29, 1.82) is 0 Å². The number of nitrogens with zero attached hydrogens (tertiary/aromatic N) is 2. The molecule has 0 fully saturated rings. The quantitative estimate of drug-likeness (QED) is 0.629. The molecule has 2 aromatic rings. The van der Waals surface area contributed by atoms with Crippen molar-refractivity contribution in [2.24, 2.45) is 0 Å². The molecule has 0 saturated carbocycles. The van der Waals surface area contributed by atoms with Crippen LogP contribution in [0.3, 0.4) is 0 Å². The van der Waals surface area contributed by atoms with Crippen LogP contribution in [0.4, 0.5) is 5.13 Å². The first kappa shape index (κ1) is 20.3. The second-order valence-electron chi connectivity index (χ2n) is 6.70. The number of ether oxygens (including phenoxy) is 2. The van der Waals surface area contributed by atoms with Gasteiger partial charge in [-0.1, -0.05) is 44.2 Å². The van der Waals surface area contributed by atoms with Crippen LogP contribution in [0.2, 0.25) is 0 Å². The number of nitrogens with one attached hydrogen (secondary N) is 1. The Morgan fingerprint density at radius 3 is 2.62 bits per heavy atom. The van der Waals surface area contributed by atoms with Gasteiger partial charge in [-0.2, -0.15) is 0 Å². The van der Waals surface area contributed by atoms with Crippen molar-refractivity contribution in [2.45, 2.75) is 52.1 Å². The van der Waals surface area contributed by atoms with Crippen LogP contribution in [-0.2, 0) is 21.6 Å². The lowest BCUT2D eigenvalue weighted by molar-refractivity contribution is -0.116. The Morgan fingerprint density at radius 1 is 1.23 bits per heavy atom. The van der Waals surface area contributed by atoms with Crippen molar-refractivity contribution in [1.82, 2.24) is 10.2 Å². The fraction of sp³-hybridized carbons (Fsp3) is 0.526. The summed E-state index contributed by atoms with van der Waals surface area (Å²) in [4.78, 5) is 11.9. The molecule has 1 amide bonds. The Balaban J connectivity index is 1.70. The Labute approximate surface area is 158 Å². The highest BCUT2D eigenvalue weighted by molar-refractivity contribution is 7.15. The van der Waals surface area contributed by atoms with Crippen LogP contribution in [0.5, 0.6) is 5.75 Å². The van der Waals surface area contributed by atoms with Crippen LogP contribution in [0.15, 0.2) is 24.3 Å². The Kier molecular flexibility index (Phi) is 7.53. The smallest absolute Gasteiger partial charge is 0.226 e. The van der Waals surface area contributed by atoms with Crippen LogP contribution < -0.4 is 10.1 Å². The fourth-order valence-electron chi connectivity index (χ4n) is 2.30. The molecular weight excluding hydrogens is 350 g/mol. The van der Waals surface area contributed by atoms with Crippen molar-refractivity contribution in [3.05, 3.63) is 34.8 Å². The van der Waals surface area contributed by atoms with Crippen LogP contribution in [0.25, 0.3) is 0 Å². The number of amides is 1. The second kappa shape index (κ2) is 9.64. The van der Waals surface area contributed by atoms with Crippen molar-refractivity contribution < 1.29 is 14.3 Å². The zero-order valence-corrected chi connectivity index (χ0v) is 16.7. The lowest BCUT2D eigenvalue weighted by atomic mass is 9.82. The van der Waals surface area contributed by atoms with E-state index in [1.54, 1.807) is 7.11 Å². The van der Waals surface area contributed by atoms with Crippen molar-refractivity contribution >= 4 is 22.4 Å². The maximum Gasteiger partial charge on any atom is 0.226 e. The Hall–Kier alpha value is -1.99. The summed E-state index contributed by atoms with van der Waals surface area (Å²) in [7, 11) is 1.60. The molecule has 0 atom stereocenters. The van der Waals surface area contributed by atoms with Crippen LogP contribution >= 0.6 is 11.3 Å². The van der Waals surface area contributed by atoms with Gasteiger partial charge in [-0.15, -0.1) is 10.2 Å². The van der Waals surface area contributed by atoms with E-state index in [0.29, 0.717) is 31.2 Å². The van der Waals surface area contributed by atoms with Gasteiger partial charge in [0.05, 0.1) is 6.61 Å². The zero-order chi connectivity index (χ0) is 19.0. The van der Waals surface area contributed by atoms with E-state index >= 15 is 0 Å². The number of benzene rings is 1. The van der Waals surface area contributed by atoms with Gasteiger partial charge in [0, 0.05) is 13.5 Å². The monoisotopic (exact) mass is 377 g/mol. The molecule has 0 radical (unpaired) electrons. The molecule has 26 heavy (non-hydrogen) atoms. The van der Waals surface area contributed by atoms with E-state index in [1.807, 2.05) is 12.1 Å². The van der Waals surface area contributed by atoms with Crippen LogP contribution in [-0.4, -0.2) is 29.8 Å². The van der Waals surface area contributed by atoms with Crippen molar-refractivity contribution in [3.8, 4) is 5.75 Å². The van der Waals surface area contributed by atoms with Crippen LogP contribution in [0.1, 0.15) is 50.6 Å². The fourth-order valence-corrected chi connectivity index (χ4v) is 3.03. The summed E-state index contributed by atoms with van der Waals surface area (Å²) in [6.45, 7) is 7.55. The van der Waals surface area contributed by atoms with E-state index in [2.05, 4.69) is 48.4 Å². The highest BCUT2D eigenvalue weighted by Crippen LogP contribution is 2.28. The Bertz CT molecular complexity index is 698. The van der Waals surface area contributed by atoms with Crippen molar-refractivity contribution in [2.75, 3.05) is 19.0 Å². The molecule has 142 valence electrons. The van der Waals surface area contributed by atoms with E-state index in [9.17, 15) is 4.79 Å². The summed E-state index contributed by atoms with van der Waals surface area (Å²) in [6.07, 6.45) is 2.10. The molecule has 0 aliphatic carbocycles. The molecule has 6 nitrogen and oxygen atoms in total. The number of hydrogen-bond donors (Lipinski definition) is 1. The standard InChI is InChI=1S/C19H27N3O3S/c1-5-19(2,3)14-8-10-15(11-9-14)25-12-6-7-16(23)20-18-22-21-17(26-18)13-24-4/h8-11H,5-7,12-13H2,1-4H3,(H,20,22,23). The molecule has 7 heteroatoms. The average Bonchev–Trinajstić information content (AvgIpc) is 3.06. The number of carbonyl (C=O) groups is 1. The van der Waals surface area contributed by atoms with E-state index in [1.165, 1.54) is 16.9 Å². The molecule has 0 bridgehead atoms. The summed E-state index contributed by atoms with van der Waals surface area (Å²) in [5, 5.41) is 11.8. The van der Waals surface area contributed by atoms with Gasteiger partial charge in [0.1, 0.15) is 17.4 Å². The van der Waals surface area contributed by atoms with Gasteiger partial charge in [-0.25, -0.2) is 0 Å². The van der Waals surface area contributed by atoms with Crippen molar-refractivity contribution in [3.63, 3.8) is 0 Å². The van der Waals surface area contributed by atoms with Gasteiger partial charge < -0.3 is 14.8 Å². The predicted molar refractivity (Wildman–Crippen MR) is 104 cm³/mol. The molecule has 0 spiro atoms. The topological polar surface area (TPSA) is 73.3 Å². The number of methoxy groups -OCH3 is 1. The first-order chi connectivity index (χ1) is 12.4. The van der Waals surface area contributed by atoms with E-state index in [0.717, 1.165) is 17.2 Å². The van der Waals surface area contributed by atoms with Gasteiger partial charge in [-0.3, -0.25) is 4.79 Å². The SMILES string of the molecule is CCC(C)(C)c1ccc(OCCCC(=O)Nc2nnc(COC)s2)cc1. The summed E-state index contributed by atoms with van der Waals surface area (Å²) < 4.78 is 10.7. The summed E-state index contributed by atoms with van der Waals surface area (Å²) in [5.74, 6) is 0.739. The number of rotatable bonds is 10. The minimum Gasteiger partial charge on any atom is -0.494 e. The molecule has 1 aromatic carbocycles. The third kappa shape index (κ3) is 6.07. The number of aromatic nitrogens is 2. The van der Waals surface area contributed by atoms with E-state index in [-0.39, 0.29) is 11.3 Å². The largest absolute Gasteiger partial charge is 0.494 e. The van der Waals surface area contributed by atoms with Gasteiger partial charge in [0.2, 0.25) is 11.0 Å². The highest BCUT2D eigenvalue weighted by atomic mass is 32.1. The predicted octanol–water partition coefficient (Wildman–Crippen LogP) is 4.17. The lowest BCUT2D eigenvalue weighted by Crippen LogP contribution is -2.15. The first-order valence-corrected chi connectivity index (χ1v) is 9.60. The normalized spacial score (nSPS) is 11.4. The summed E-state index contributed by atoms with van der Waals surface area (Å²) in [5.41, 5.74) is 1.47. The Morgan fingerprint density at radius 2 is 1.96 bits per heavy atom. The molecule has 1 N–H and O–H groups in total. The van der Waals surface area contributed by atoms with E-state index in [4.69, 9.17) is 9.47 Å². The molecule has 0 aliphatic heterocycles. The van der Waals surface area contributed by atoms with E-state index < -0.39 is 0 Å². The minimum absolute atomic E-state index is 0.0891. The number of carbonyl (C=O) groups excluding carboxylic acids is 1. The molecule has 0 unspecified atom stereocenters. The minimum atomic E-state index is -0.0891. The first-order valence-electron chi connectivity index (χ1n) is 8.79.